The van der Waals surface area contributed by atoms with Crippen LogP contribution in [0.5, 0.6) is 0 Å². The van der Waals surface area contributed by atoms with E-state index in [0.717, 1.165) is 71.5 Å². The minimum absolute atomic E-state index is 0.863. The number of furan rings is 1. The van der Waals surface area contributed by atoms with Gasteiger partial charge < -0.3 is 4.42 Å². The van der Waals surface area contributed by atoms with Gasteiger partial charge in [0.2, 0.25) is 0 Å². The highest BCUT2D eigenvalue weighted by Crippen LogP contribution is 2.37. The number of rotatable bonds is 3. The Morgan fingerprint density at radius 3 is 1.70 bits per heavy atom. The van der Waals surface area contributed by atoms with Crippen molar-refractivity contribution in [2.24, 2.45) is 0 Å². The Labute approximate surface area is 270 Å². The van der Waals surface area contributed by atoms with Gasteiger partial charge in [-0.15, -0.1) is 0 Å². The minimum atomic E-state index is 0.863. The van der Waals surface area contributed by atoms with E-state index in [-0.39, 0.29) is 0 Å². The van der Waals surface area contributed by atoms with Gasteiger partial charge in [0.15, 0.2) is 0 Å². The Kier molecular flexibility index (Phi) is 5.57. The van der Waals surface area contributed by atoms with Crippen LogP contribution in [0.4, 0.5) is 0 Å². The maximum absolute atomic E-state index is 6.18. The van der Waals surface area contributed by atoms with Gasteiger partial charge in [-0.05, 0) is 80.2 Å². The van der Waals surface area contributed by atoms with Crippen LogP contribution in [-0.4, -0.2) is 9.97 Å². The molecular weight excluding hydrogens is 572 g/mol. The molecule has 0 spiro atoms. The molecule has 0 aliphatic heterocycles. The van der Waals surface area contributed by atoms with Crippen molar-refractivity contribution >= 4 is 65.3 Å². The lowest BCUT2D eigenvalue weighted by Gasteiger charge is -2.11. The smallest absolute Gasteiger partial charge is 0.136 e. The Hall–Kier alpha value is -6.32. The second-order valence-electron chi connectivity index (χ2n) is 12.2. The molecule has 8 aromatic carbocycles. The molecule has 0 radical (unpaired) electrons. The molecule has 3 heteroatoms. The second kappa shape index (κ2) is 10.1. The zero-order valence-corrected chi connectivity index (χ0v) is 25.3. The molecule has 0 unspecified atom stereocenters. The SMILES string of the molecule is c1cc(-c2cccc(-c3cnc4c5ccccc5c5ccccc5c4n3)c2)cc(-c2ccc3cc4c(cc3c2)oc2ccccc24)c1. The van der Waals surface area contributed by atoms with Gasteiger partial charge in [-0.3, -0.25) is 4.98 Å². The first kappa shape index (κ1) is 26.0. The minimum Gasteiger partial charge on any atom is -0.456 e. The van der Waals surface area contributed by atoms with Gasteiger partial charge in [-0.25, -0.2) is 4.98 Å². The summed E-state index contributed by atoms with van der Waals surface area (Å²) in [6.45, 7) is 0. The van der Waals surface area contributed by atoms with Crippen LogP contribution in [0.2, 0.25) is 0 Å². The van der Waals surface area contributed by atoms with E-state index in [1.165, 1.54) is 27.3 Å². The van der Waals surface area contributed by atoms with E-state index in [1.54, 1.807) is 0 Å². The van der Waals surface area contributed by atoms with Gasteiger partial charge in [-0.2, -0.15) is 0 Å². The first-order chi connectivity index (χ1) is 23.3. The number of nitrogens with zero attached hydrogens (tertiary/aromatic N) is 2. The molecule has 10 aromatic rings. The Morgan fingerprint density at radius 2 is 0.957 bits per heavy atom. The maximum atomic E-state index is 6.18. The molecule has 0 amide bonds. The van der Waals surface area contributed by atoms with Crippen LogP contribution in [0.3, 0.4) is 0 Å². The molecule has 2 aromatic heterocycles. The maximum Gasteiger partial charge on any atom is 0.136 e. The van der Waals surface area contributed by atoms with Crippen LogP contribution < -0.4 is 0 Å². The molecule has 0 N–H and O–H groups in total. The molecule has 0 bridgehead atoms. The fourth-order valence-electron chi connectivity index (χ4n) is 7.15. The molecule has 0 atom stereocenters. The van der Waals surface area contributed by atoms with Crippen molar-refractivity contribution in [3.63, 3.8) is 0 Å². The number of benzene rings is 8. The summed E-state index contributed by atoms with van der Waals surface area (Å²) in [5.41, 5.74) is 10.2. The summed E-state index contributed by atoms with van der Waals surface area (Å²) in [6.07, 6.45) is 1.91. The van der Waals surface area contributed by atoms with Crippen LogP contribution in [0, 0.1) is 0 Å². The summed E-state index contributed by atoms with van der Waals surface area (Å²) in [5.74, 6) is 0. The lowest BCUT2D eigenvalue weighted by molar-refractivity contribution is 0.669. The Morgan fingerprint density at radius 1 is 0.362 bits per heavy atom. The number of aromatic nitrogens is 2. The summed E-state index contributed by atoms with van der Waals surface area (Å²) in [5, 5.41) is 9.32. The molecule has 10 rings (SSSR count). The van der Waals surface area contributed by atoms with Crippen molar-refractivity contribution in [1.29, 1.82) is 0 Å². The lowest BCUT2D eigenvalue weighted by atomic mass is 9.95. The van der Waals surface area contributed by atoms with Crippen molar-refractivity contribution in [2.45, 2.75) is 0 Å². The van der Waals surface area contributed by atoms with Crippen LogP contribution >= 0.6 is 0 Å². The molecule has 0 saturated carbocycles. The van der Waals surface area contributed by atoms with Gasteiger partial charge in [0.05, 0.1) is 22.9 Å². The predicted octanol–water partition coefficient (Wildman–Crippen LogP) is 12.0. The normalized spacial score (nSPS) is 11.8. The number of para-hydroxylation sites is 1. The first-order valence-electron chi connectivity index (χ1n) is 15.9. The van der Waals surface area contributed by atoms with Crippen LogP contribution in [0.25, 0.3) is 98.8 Å². The average Bonchev–Trinajstić information content (AvgIpc) is 3.51. The number of hydrogen-bond donors (Lipinski definition) is 0. The van der Waals surface area contributed by atoms with E-state index >= 15 is 0 Å². The summed E-state index contributed by atoms with van der Waals surface area (Å²) in [6, 6.07) is 53.6. The predicted molar refractivity (Wildman–Crippen MR) is 196 cm³/mol. The van der Waals surface area contributed by atoms with Gasteiger partial charge >= 0.3 is 0 Å². The monoisotopic (exact) mass is 598 g/mol. The van der Waals surface area contributed by atoms with E-state index in [2.05, 4.69) is 140 Å². The van der Waals surface area contributed by atoms with Crippen molar-refractivity contribution in [2.75, 3.05) is 0 Å². The Balaban J connectivity index is 1.05. The Bertz CT molecular complexity index is 2830. The van der Waals surface area contributed by atoms with Crippen LogP contribution in [-0.2, 0) is 0 Å². The van der Waals surface area contributed by atoms with Crippen LogP contribution in [0.1, 0.15) is 0 Å². The highest BCUT2D eigenvalue weighted by molar-refractivity contribution is 6.23. The number of fused-ring (bicyclic) bond motifs is 10. The lowest BCUT2D eigenvalue weighted by Crippen LogP contribution is -1.92. The fourth-order valence-corrected chi connectivity index (χ4v) is 7.15. The highest BCUT2D eigenvalue weighted by Gasteiger charge is 2.13. The molecule has 218 valence electrons. The topological polar surface area (TPSA) is 38.9 Å². The molecule has 0 fully saturated rings. The zero-order valence-electron chi connectivity index (χ0n) is 25.3. The molecule has 2 heterocycles. The molecule has 0 saturated heterocycles. The van der Waals surface area contributed by atoms with Gasteiger partial charge in [0.1, 0.15) is 11.2 Å². The zero-order chi connectivity index (χ0) is 30.9. The van der Waals surface area contributed by atoms with Gasteiger partial charge in [0, 0.05) is 27.1 Å². The standard InChI is InChI=1S/C44H26N2O/c1-3-16-37-34(13-1)35-14-2-4-17-38(35)44-43(37)45-26-40(46-44)32-12-8-11-29(22-32)27-9-7-10-28(21-27)30-19-20-31-24-39-36-15-5-6-18-41(36)47-42(39)25-33(31)23-30/h1-26H. The third kappa shape index (κ3) is 4.14. The van der Waals surface area contributed by atoms with Crippen molar-refractivity contribution < 1.29 is 4.42 Å². The van der Waals surface area contributed by atoms with E-state index in [4.69, 9.17) is 14.4 Å². The van der Waals surface area contributed by atoms with Crippen molar-refractivity contribution in [1.82, 2.24) is 9.97 Å². The summed E-state index contributed by atoms with van der Waals surface area (Å²) >= 11 is 0. The van der Waals surface area contributed by atoms with Crippen molar-refractivity contribution in [3.05, 3.63) is 158 Å². The number of hydrogen-bond acceptors (Lipinski definition) is 3. The molecule has 47 heavy (non-hydrogen) atoms. The van der Waals surface area contributed by atoms with E-state index in [9.17, 15) is 0 Å². The van der Waals surface area contributed by atoms with Gasteiger partial charge in [0.25, 0.3) is 0 Å². The van der Waals surface area contributed by atoms with E-state index < -0.39 is 0 Å². The summed E-state index contributed by atoms with van der Waals surface area (Å²) in [7, 11) is 0. The summed E-state index contributed by atoms with van der Waals surface area (Å²) < 4.78 is 6.18. The average molecular weight is 599 g/mol. The quantitative estimate of drug-likeness (QED) is 0.190. The third-order valence-electron chi connectivity index (χ3n) is 9.45. The van der Waals surface area contributed by atoms with Crippen LogP contribution in [0.15, 0.2) is 162 Å². The van der Waals surface area contributed by atoms with E-state index in [1.807, 2.05) is 18.3 Å². The molecular formula is C44H26N2O. The summed E-state index contributed by atoms with van der Waals surface area (Å²) in [4.78, 5) is 10.2. The van der Waals surface area contributed by atoms with E-state index in [0.29, 0.717) is 0 Å². The first-order valence-corrected chi connectivity index (χ1v) is 15.9. The third-order valence-corrected chi connectivity index (χ3v) is 9.45. The second-order valence-corrected chi connectivity index (χ2v) is 12.2. The molecule has 0 aliphatic carbocycles. The van der Waals surface area contributed by atoms with Crippen molar-refractivity contribution in [3.8, 4) is 33.5 Å². The largest absolute Gasteiger partial charge is 0.456 e. The highest BCUT2D eigenvalue weighted by atomic mass is 16.3. The molecule has 3 nitrogen and oxygen atoms in total. The fraction of sp³-hybridized carbons (Fsp3) is 0. The molecule has 0 aliphatic rings. The van der Waals surface area contributed by atoms with Gasteiger partial charge in [-0.1, -0.05) is 115 Å².